The van der Waals surface area contributed by atoms with Gasteiger partial charge in [-0.2, -0.15) is 0 Å². The number of nitrogens with zero attached hydrogens (tertiary/aromatic N) is 3. The molecule has 0 saturated heterocycles. The molecule has 0 spiro atoms. The molecule has 1 amide bonds. The fourth-order valence-corrected chi connectivity index (χ4v) is 2.68. The monoisotopic (exact) mass is 322 g/mol. The second-order valence-electron chi connectivity index (χ2n) is 6.08. The van der Waals surface area contributed by atoms with E-state index in [0.717, 1.165) is 22.3 Å². The van der Waals surface area contributed by atoms with E-state index in [0.29, 0.717) is 6.54 Å². The Morgan fingerprint density at radius 2 is 1.92 bits per heavy atom. The summed E-state index contributed by atoms with van der Waals surface area (Å²) < 4.78 is 1.89. The molecule has 3 rings (SSSR count). The Kier molecular flexibility index (Phi) is 4.51. The molecule has 0 aliphatic carbocycles. The van der Waals surface area contributed by atoms with Crippen molar-refractivity contribution in [2.24, 2.45) is 0 Å². The SMILES string of the molecule is C[C@H](C(=O)NCc1cc(N(C)C)nc2ccccc12)n1cccc1. The van der Waals surface area contributed by atoms with Gasteiger partial charge in [-0.1, -0.05) is 18.2 Å². The Labute approximate surface area is 141 Å². The molecule has 124 valence electrons. The van der Waals surface area contributed by atoms with Gasteiger partial charge in [0, 0.05) is 38.4 Å². The molecule has 1 atom stereocenters. The number of hydrogen-bond acceptors (Lipinski definition) is 3. The first-order chi connectivity index (χ1) is 11.6. The van der Waals surface area contributed by atoms with Crippen LogP contribution in [0.2, 0.25) is 0 Å². The summed E-state index contributed by atoms with van der Waals surface area (Å²) in [5.41, 5.74) is 2.00. The van der Waals surface area contributed by atoms with E-state index in [2.05, 4.69) is 10.3 Å². The van der Waals surface area contributed by atoms with E-state index < -0.39 is 0 Å². The van der Waals surface area contributed by atoms with Gasteiger partial charge in [-0.05, 0) is 36.8 Å². The lowest BCUT2D eigenvalue weighted by Gasteiger charge is -2.17. The minimum atomic E-state index is -0.235. The van der Waals surface area contributed by atoms with Crippen molar-refractivity contribution >= 4 is 22.6 Å². The number of rotatable bonds is 5. The molecule has 0 aliphatic rings. The van der Waals surface area contributed by atoms with Gasteiger partial charge in [-0.25, -0.2) is 4.98 Å². The number of carbonyl (C=O) groups is 1. The number of para-hydroxylation sites is 1. The van der Waals surface area contributed by atoms with Gasteiger partial charge < -0.3 is 14.8 Å². The number of hydrogen-bond donors (Lipinski definition) is 1. The van der Waals surface area contributed by atoms with Crippen molar-refractivity contribution in [2.75, 3.05) is 19.0 Å². The first kappa shape index (κ1) is 16.1. The maximum absolute atomic E-state index is 12.4. The predicted octanol–water partition coefficient (Wildman–Crippen LogP) is 2.98. The Morgan fingerprint density at radius 1 is 1.21 bits per heavy atom. The number of benzene rings is 1. The van der Waals surface area contributed by atoms with Gasteiger partial charge in [0.25, 0.3) is 0 Å². The van der Waals surface area contributed by atoms with Crippen molar-refractivity contribution in [1.82, 2.24) is 14.9 Å². The molecule has 0 bridgehead atoms. The Morgan fingerprint density at radius 3 is 2.62 bits per heavy atom. The van der Waals surface area contributed by atoms with Gasteiger partial charge >= 0.3 is 0 Å². The van der Waals surface area contributed by atoms with Crippen LogP contribution in [0.25, 0.3) is 10.9 Å². The third kappa shape index (κ3) is 3.25. The van der Waals surface area contributed by atoms with Crippen LogP contribution >= 0.6 is 0 Å². The van der Waals surface area contributed by atoms with Crippen LogP contribution in [0.1, 0.15) is 18.5 Å². The van der Waals surface area contributed by atoms with Crippen LogP contribution in [0.15, 0.2) is 54.9 Å². The van der Waals surface area contributed by atoms with Crippen LogP contribution in [0.4, 0.5) is 5.82 Å². The maximum atomic E-state index is 12.4. The van der Waals surface area contributed by atoms with Gasteiger partial charge in [-0.3, -0.25) is 4.79 Å². The summed E-state index contributed by atoms with van der Waals surface area (Å²) in [5.74, 6) is 0.884. The normalized spacial score (nSPS) is 12.1. The largest absolute Gasteiger partial charge is 0.363 e. The van der Waals surface area contributed by atoms with Crippen LogP contribution in [-0.2, 0) is 11.3 Å². The number of aromatic nitrogens is 2. The molecule has 2 heterocycles. The standard InChI is InChI=1S/C19H22N4O/c1-14(23-10-6-7-11-23)19(24)20-13-15-12-18(22(2)3)21-17-9-5-4-8-16(15)17/h4-12,14H,13H2,1-3H3,(H,20,24)/t14-/m1/s1. The lowest BCUT2D eigenvalue weighted by Crippen LogP contribution is -2.30. The minimum Gasteiger partial charge on any atom is -0.363 e. The number of fused-ring (bicyclic) bond motifs is 1. The van der Waals surface area contributed by atoms with E-state index >= 15 is 0 Å². The molecule has 1 N–H and O–H groups in total. The lowest BCUT2D eigenvalue weighted by atomic mass is 10.1. The van der Waals surface area contributed by atoms with Crippen LogP contribution in [0.3, 0.4) is 0 Å². The zero-order valence-corrected chi connectivity index (χ0v) is 14.2. The molecule has 5 nitrogen and oxygen atoms in total. The molecule has 2 aromatic heterocycles. The summed E-state index contributed by atoms with van der Waals surface area (Å²) in [6.07, 6.45) is 3.80. The maximum Gasteiger partial charge on any atom is 0.243 e. The summed E-state index contributed by atoms with van der Waals surface area (Å²) >= 11 is 0. The van der Waals surface area contributed by atoms with Crippen LogP contribution in [-0.4, -0.2) is 29.6 Å². The number of carbonyl (C=O) groups excluding carboxylic acids is 1. The van der Waals surface area contributed by atoms with E-state index in [4.69, 9.17) is 0 Å². The third-order valence-electron chi connectivity index (χ3n) is 4.15. The molecule has 24 heavy (non-hydrogen) atoms. The van der Waals surface area contributed by atoms with E-state index in [1.165, 1.54) is 0 Å². The summed E-state index contributed by atoms with van der Waals surface area (Å²) in [5, 5.41) is 4.11. The van der Waals surface area contributed by atoms with Crippen molar-refractivity contribution < 1.29 is 4.79 Å². The van der Waals surface area contributed by atoms with Gasteiger partial charge in [0.2, 0.25) is 5.91 Å². The first-order valence-corrected chi connectivity index (χ1v) is 8.02. The highest BCUT2D eigenvalue weighted by atomic mass is 16.2. The third-order valence-corrected chi connectivity index (χ3v) is 4.15. The predicted molar refractivity (Wildman–Crippen MR) is 97.1 cm³/mol. The number of nitrogens with one attached hydrogen (secondary N) is 1. The number of pyridine rings is 1. The van der Waals surface area contributed by atoms with Crippen LogP contribution in [0, 0.1) is 0 Å². The Bertz CT molecular complexity index is 840. The van der Waals surface area contributed by atoms with Crippen molar-refractivity contribution in [3.05, 3.63) is 60.4 Å². The number of anilines is 1. The average molecular weight is 322 g/mol. The second kappa shape index (κ2) is 6.74. The molecule has 0 saturated carbocycles. The van der Waals surface area contributed by atoms with Crippen LogP contribution in [0.5, 0.6) is 0 Å². The molecular formula is C19H22N4O. The van der Waals surface area contributed by atoms with Crippen LogP contribution < -0.4 is 10.2 Å². The van der Waals surface area contributed by atoms with Gasteiger partial charge in [-0.15, -0.1) is 0 Å². The zero-order valence-electron chi connectivity index (χ0n) is 14.2. The lowest BCUT2D eigenvalue weighted by molar-refractivity contribution is -0.124. The zero-order chi connectivity index (χ0) is 17.1. The molecule has 0 fully saturated rings. The van der Waals surface area contributed by atoms with E-state index in [9.17, 15) is 4.79 Å². The van der Waals surface area contributed by atoms with E-state index in [-0.39, 0.29) is 11.9 Å². The summed E-state index contributed by atoms with van der Waals surface area (Å²) in [4.78, 5) is 19.0. The minimum absolute atomic E-state index is 0.00139. The first-order valence-electron chi connectivity index (χ1n) is 8.02. The van der Waals surface area contributed by atoms with Gasteiger partial charge in [0.15, 0.2) is 0 Å². The average Bonchev–Trinajstić information content (AvgIpc) is 3.12. The van der Waals surface area contributed by atoms with Gasteiger partial charge in [0.05, 0.1) is 5.52 Å². The highest BCUT2D eigenvalue weighted by molar-refractivity contribution is 5.85. The van der Waals surface area contributed by atoms with Crippen molar-refractivity contribution in [2.45, 2.75) is 19.5 Å². The topological polar surface area (TPSA) is 50.2 Å². The van der Waals surface area contributed by atoms with E-state index in [1.807, 2.05) is 85.3 Å². The Balaban J connectivity index is 1.83. The Hall–Kier alpha value is -2.82. The van der Waals surface area contributed by atoms with Gasteiger partial charge in [0.1, 0.15) is 11.9 Å². The fraction of sp³-hybridized carbons (Fsp3) is 0.263. The summed E-state index contributed by atoms with van der Waals surface area (Å²) in [6, 6.07) is 13.6. The highest BCUT2D eigenvalue weighted by Gasteiger charge is 2.14. The van der Waals surface area contributed by atoms with Crippen molar-refractivity contribution in [3.63, 3.8) is 0 Å². The molecule has 1 aromatic carbocycles. The highest BCUT2D eigenvalue weighted by Crippen LogP contribution is 2.22. The molecule has 5 heteroatoms. The second-order valence-corrected chi connectivity index (χ2v) is 6.08. The van der Waals surface area contributed by atoms with Crippen molar-refractivity contribution in [3.8, 4) is 0 Å². The molecule has 0 radical (unpaired) electrons. The number of amides is 1. The van der Waals surface area contributed by atoms with E-state index in [1.54, 1.807) is 0 Å². The summed E-state index contributed by atoms with van der Waals surface area (Å²) in [6.45, 7) is 2.37. The molecule has 3 aromatic rings. The molecular weight excluding hydrogens is 300 g/mol. The molecule has 0 unspecified atom stereocenters. The smallest absolute Gasteiger partial charge is 0.243 e. The van der Waals surface area contributed by atoms with Crippen molar-refractivity contribution in [1.29, 1.82) is 0 Å². The fourth-order valence-electron chi connectivity index (χ4n) is 2.68. The summed E-state index contributed by atoms with van der Waals surface area (Å²) in [7, 11) is 3.93. The quantitative estimate of drug-likeness (QED) is 0.785. The molecule has 0 aliphatic heterocycles.